The van der Waals surface area contributed by atoms with Crippen LogP contribution in [0.2, 0.25) is 0 Å². The fourth-order valence-electron chi connectivity index (χ4n) is 3.75. The van der Waals surface area contributed by atoms with E-state index in [9.17, 15) is 9.90 Å². The molecule has 0 radical (unpaired) electrons. The summed E-state index contributed by atoms with van der Waals surface area (Å²) in [4.78, 5) is 17.2. The molecule has 26 heavy (non-hydrogen) atoms. The minimum atomic E-state index is -1.24. The normalized spacial score (nSPS) is 27.3. The number of likely N-dealkylation sites (tertiary alicyclic amines) is 1. The SMILES string of the molecule is CN1CCC(O)(C(=O)N2C[C@@H](c3ccccc3)O[C@@H](C(C)(C)C)C2)CC1. The zero-order chi connectivity index (χ0) is 18.9. The molecule has 1 aromatic carbocycles. The van der Waals surface area contributed by atoms with Gasteiger partial charge in [-0.05, 0) is 30.9 Å². The number of carbonyl (C=O) groups is 1. The number of nitrogens with zero attached hydrogens (tertiary/aromatic N) is 2. The molecule has 144 valence electrons. The highest BCUT2D eigenvalue weighted by atomic mass is 16.5. The Bertz CT molecular complexity index is 618. The highest BCUT2D eigenvalue weighted by Gasteiger charge is 2.45. The van der Waals surface area contributed by atoms with Crippen molar-refractivity contribution in [3.8, 4) is 0 Å². The Balaban J connectivity index is 1.82. The van der Waals surface area contributed by atoms with Crippen LogP contribution in [0.4, 0.5) is 0 Å². The maximum Gasteiger partial charge on any atom is 0.254 e. The van der Waals surface area contributed by atoms with Gasteiger partial charge in [0, 0.05) is 19.6 Å². The number of aliphatic hydroxyl groups is 1. The summed E-state index contributed by atoms with van der Waals surface area (Å²) in [6.07, 6.45) is 0.763. The largest absolute Gasteiger partial charge is 0.380 e. The van der Waals surface area contributed by atoms with Crippen LogP contribution in [-0.4, -0.2) is 65.7 Å². The van der Waals surface area contributed by atoms with Gasteiger partial charge in [0.25, 0.3) is 5.91 Å². The Morgan fingerprint density at radius 1 is 1.15 bits per heavy atom. The third-order valence-corrected chi connectivity index (χ3v) is 5.74. The van der Waals surface area contributed by atoms with Gasteiger partial charge in [0.2, 0.25) is 0 Å². The molecule has 1 amide bonds. The Morgan fingerprint density at radius 2 is 1.77 bits per heavy atom. The lowest BCUT2D eigenvalue weighted by Gasteiger charge is -2.46. The second-order valence-electron chi connectivity index (χ2n) is 8.94. The van der Waals surface area contributed by atoms with E-state index >= 15 is 0 Å². The number of morpholine rings is 1. The van der Waals surface area contributed by atoms with Crippen LogP contribution in [0.15, 0.2) is 30.3 Å². The van der Waals surface area contributed by atoms with Gasteiger partial charge in [-0.1, -0.05) is 51.1 Å². The Morgan fingerprint density at radius 3 is 2.35 bits per heavy atom. The molecular formula is C21H32N2O3. The van der Waals surface area contributed by atoms with E-state index in [0.717, 1.165) is 18.7 Å². The molecule has 2 atom stereocenters. The number of hydrogen-bond acceptors (Lipinski definition) is 4. The lowest BCUT2D eigenvalue weighted by atomic mass is 9.85. The fraction of sp³-hybridized carbons (Fsp3) is 0.667. The van der Waals surface area contributed by atoms with E-state index in [1.54, 1.807) is 0 Å². The predicted octanol–water partition coefficient (Wildman–Crippen LogP) is 2.46. The molecule has 0 saturated carbocycles. The van der Waals surface area contributed by atoms with Crippen LogP contribution in [0.25, 0.3) is 0 Å². The highest BCUT2D eigenvalue weighted by Crippen LogP contribution is 2.35. The van der Waals surface area contributed by atoms with Crippen molar-refractivity contribution >= 4 is 5.91 Å². The van der Waals surface area contributed by atoms with E-state index in [1.165, 1.54) is 0 Å². The van der Waals surface area contributed by atoms with Crippen molar-refractivity contribution in [1.82, 2.24) is 9.80 Å². The number of carbonyl (C=O) groups excluding carboxylic acids is 1. The zero-order valence-corrected chi connectivity index (χ0v) is 16.4. The van der Waals surface area contributed by atoms with Gasteiger partial charge < -0.3 is 19.6 Å². The van der Waals surface area contributed by atoms with Crippen molar-refractivity contribution in [3.63, 3.8) is 0 Å². The van der Waals surface area contributed by atoms with E-state index in [2.05, 4.69) is 25.7 Å². The molecule has 3 rings (SSSR count). The summed E-state index contributed by atoms with van der Waals surface area (Å²) >= 11 is 0. The minimum Gasteiger partial charge on any atom is -0.380 e. The molecule has 2 aliphatic heterocycles. The molecule has 0 aromatic heterocycles. The summed E-state index contributed by atoms with van der Waals surface area (Å²) in [5.41, 5.74) is -0.246. The number of piperidine rings is 1. The third-order valence-electron chi connectivity index (χ3n) is 5.74. The van der Waals surface area contributed by atoms with E-state index in [1.807, 2.05) is 42.3 Å². The maximum absolute atomic E-state index is 13.2. The molecule has 0 aliphatic carbocycles. The van der Waals surface area contributed by atoms with Gasteiger partial charge in [-0.3, -0.25) is 4.79 Å². The molecule has 0 unspecified atom stereocenters. The smallest absolute Gasteiger partial charge is 0.254 e. The van der Waals surface area contributed by atoms with Crippen LogP contribution in [0.3, 0.4) is 0 Å². The van der Waals surface area contributed by atoms with E-state index < -0.39 is 5.60 Å². The molecule has 1 aromatic rings. The topological polar surface area (TPSA) is 53.0 Å². The van der Waals surface area contributed by atoms with E-state index in [-0.39, 0.29) is 23.5 Å². The highest BCUT2D eigenvalue weighted by molar-refractivity contribution is 5.85. The second-order valence-corrected chi connectivity index (χ2v) is 8.94. The van der Waals surface area contributed by atoms with Crippen LogP contribution in [0.1, 0.15) is 45.3 Å². The summed E-state index contributed by atoms with van der Waals surface area (Å²) in [6, 6.07) is 10.1. The molecule has 2 heterocycles. The monoisotopic (exact) mass is 360 g/mol. The number of benzene rings is 1. The number of amides is 1. The molecular weight excluding hydrogens is 328 g/mol. The second kappa shape index (κ2) is 7.29. The lowest BCUT2D eigenvalue weighted by molar-refractivity contribution is -0.176. The Kier molecular flexibility index (Phi) is 5.42. The molecule has 2 saturated heterocycles. The van der Waals surface area contributed by atoms with Gasteiger partial charge in [0.05, 0.1) is 12.6 Å². The van der Waals surface area contributed by atoms with E-state index in [0.29, 0.717) is 25.9 Å². The molecule has 5 nitrogen and oxygen atoms in total. The average molecular weight is 360 g/mol. The first-order chi connectivity index (χ1) is 12.2. The Hall–Kier alpha value is -1.43. The Labute approximate surface area is 156 Å². The lowest BCUT2D eigenvalue weighted by Crippen LogP contribution is -2.59. The van der Waals surface area contributed by atoms with Crippen LogP contribution in [0.5, 0.6) is 0 Å². The van der Waals surface area contributed by atoms with Crippen LogP contribution in [0, 0.1) is 5.41 Å². The van der Waals surface area contributed by atoms with Crippen molar-refractivity contribution in [1.29, 1.82) is 0 Å². The minimum absolute atomic E-state index is 0.0692. The van der Waals surface area contributed by atoms with Crippen molar-refractivity contribution in [2.24, 2.45) is 5.41 Å². The number of hydrogen-bond donors (Lipinski definition) is 1. The molecule has 5 heteroatoms. The molecule has 1 N–H and O–H groups in total. The molecule has 0 spiro atoms. The van der Waals surface area contributed by atoms with Gasteiger partial charge in [-0.2, -0.15) is 0 Å². The summed E-state index contributed by atoms with van der Waals surface area (Å²) in [5.74, 6) is -0.135. The molecule has 2 aliphatic rings. The summed E-state index contributed by atoms with van der Waals surface area (Å²) in [6.45, 7) is 8.93. The standard InChI is InChI=1S/C21H32N2O3/c1-20(2,3)18-15-23(14-17(26-18)16-8-6-5-7-9-16)19(24)21(25)10-12-22(4)13-11-21/h5-9,17-18,25H,10-15H2,1-4H3/t17-,18+/m0/s1. The summed E-state index contributed by atoms with van der Waals surface area (Å²) in [7, 11) is 2.03. The van der Waals surface area contributed by atoms with E-state index in [4.69, 9.17) is 4.74 Å². The average Bonchev–Trinajstić information content (AvgIpc) is 2.63. The first kappa shape index (κ1) is 19.3. The maximum atomic E-state index is 13.2. The number of ether oxygens (including phenoxy) is 1. The van der Waals surface area contributed by atoms with Crippen LogP contribution < -0.4 is 0 Å². The van der Waals surface area contributed by atoms with Crippen molar-refractivity contribution in [3.05, 3.63) is 35.9 Å². The zero-order valence-electron chi connectivity index (χ0n) is 16.4. The van der Waals surface area contributed by atoms with Crippen molar-refractivity contribution in [2.75, 3.05) is 33.2 Å². The summed E-state index contributed by atoms with van der Waals surface area (Å²) < 4.78 is 6.37. The predicted molar refractivity (Wildman–Crippen MR) is 102 cm³/mol. The first-order valence-electron chi connectivity index (χ1n) is 9.60. The molecule has 0 bridgehead atoms. The van der Waals surface area contributed by atoms with Crippen molar-refractivity contribution < 1.29 is 14.6 Å². The quantitative estimate of drug-likeness (QED) is 0.880. The van der Waals surface area contributed by atoms with Crippen molar-refractivity contribution in [2.45, 2.75) is 51.4 Å². The van der Waals surface area contributed by atoms with Gasteiger partial charge in [0.15, 0.2) is 0 Å². The third kappa shape index (κ3) is 4.11. The first-order valence-corrected chi connectivity index (χ1v) is 9.60. The van der Waals surface area contributed by atoms with Gasteiger partial charge >= 0.3 is 0 Å². The summed E-state index contributed by atoms with van der Waals surface area (Å²) in [5, 5.41) is 11.0. The fourth-order valence-corrected chi connectivity index (χ4v) is 3.75. The van der Waals surface area contributed by atoms with Gasteiger partial charge in [-0.25, -0.2) is 0 Å². The van der Waals surface area contributed by atoms with Crippen LogP contribution >= 0.6 is 0 Å². The molecule has 2 fully saturated rings. The van der Waals surface area contributed by atoms with Gasteiger partial charge in [-0.15, -0.1) is 0 Å². The van der Waals surface area contributed by atoms with Gasteiger partial charge in [0.1, 0.15) is 11.7 Å². The number of rotatable bonds is 2. The van der Waals surface area contributed by atoms with Crippen LogP contribution in [-0.2, 0) is 9.53 Å².